The minimum atomic E-state index is 0.710. The molecular formula is C22H26N8O. The number of nitrogens with zero attached hydrogens (tertiary/aromatic N) is 7. The lowest BCUT2D eigenvalue weighted by Gasteiger charge is -2.33. The summed E-state index contributed by atoms with van der Waals surface area (Å²) >= 11 is 0. The number of H-pyrrole nitrogens is 1. The van der Waals surface area contributed by atoms with E-state index in [0.717, 1.165) is 78.7 Å². The first-order valence-corrected chi connectivity index (χ1v) is 10.8. The number of aromatic nitrogens is 5. The van der Waals surface area contributed by atoms with Gasteiger partial charge in [0.1, 0.15) is 5.82 Å². The lowest BCUT2D eigenvalue weighted by atomic mass is 10.1. The first kappa shape index (κ1) is 18.6. The van der Waals surface area contributed by atoms with Crippen LogP contribution >= 0.6 is 0 Å². The van der Waals surface area contributed by atoms with Crippen LogP contribution in [0.15, 0.2) is 36.8 Å². The Balaban J connectivity index is 1.53. The van der Waals surface area contributed by atoms with Crippen molar-refractivity contribution in [1.82, 2.24) is 29.5 Å². The Morgan fingerprint density at radius 3 is 2.65 bits per heavy atom. The van der Waals surface area contributed by atoms with Gasteiger partial charge >= 0.3 is 0 Å². The molecule has 31 heavy (non-hydrogen) atoms. The SMILES string of the molecule is CN1CCN(c2cnc3c(N4CCOCC4)nc(-c4cccc5[nH]ncc45)cn23)CC1. The van der Waals surface area contributed by atoms with E-state index < -0.39 is 0 Å². The van der Waals surface area contributed by atoms with E-state index in [9.17, 15) is 0 Å². The third-order valence-corrected chi connectivity index (χ3v) is 6.35. The molecular weight excluding hydrogens is 392 g/mol. The van der Waals surface area contributed by atoms with Gasteiger partial charge in [0, 0.05) is 56.4 Å². The molecule has 6 rings (SSSR count). The molecule has 4 aromatic rings. The summed E-state index contributed by atoms with van der Waals surface area (Å²) in [5, 5.41) is 8.38. The quantitative estimate of drug-likeness (QED) is 0.544. The third-order valence-electron chi connectivity index (χ3n) is 6.35. The Kier molecular flexibility index (Phi) is 4.50. The van der Waals surface area contributed by atoms with Gasteiger partial charge in [-0.25, -0.2) is 9.97 Å². The number of imidazole rings is 1. The highest BCUT2D eigenvalue weighted by molar-refractivity contribution is 5.93. The molecule has 0 saturated carbocycles. The number of rotatable bonds is 3. The number of anilines is 2. The predicted molar refractivity (Wildman–Crippen MR) is 121 cm³/mol. The number of hydrogen-bond donors (Lipinski definition) is 1. The number of piperazine rings is 1. The van der Waals surface area contributed by atoms with Gasteiger partial charge < -0.3 is 19.4 Å². The van der Waals surface area contributed by atoms with Crippen molar-refractivity contribution >= 4 is 28.2 Å². The number of fused-ring (bicyclic) bond motifs is 2. The number of morpholine rings is 1. The summed E-state index contributed by atoms with van der Waals surface area (Å²) < 4.78 is 7.80. The average Bonchev–Trinajstić information content (AvgIpc) is 3.46. The summed E-state index contributed by atoms with van der Waals surface area (Å²) in [5.41, 5.74) is 3.91. The number of likely N-dealkylation sites (N-methyl/N-ethyl adjacent to an activating group) is 1. The molecule has 0 atom stereocenters. The van der Waals surface area contributed by atoms with Crippen molar-refractivity contribution in [3.8, 4) is 11.3 Å². The highest BCUT2D eigenvalue weighted by Crippen LogP contribution is 2.32. The van der Waals surface area contributed by atoms with E-state index in [0.29, 0.717) is 13.2 Å². The fourth-order valence-electron chi connectivity index (χ4n) is 4.54. The topological polar surface area (TPSA) is 77.8 Å². The smallest absolute Gasteiger partial charge is 0.181 e. The number of nitrogens with one attached hydrogen (secondary N) is 1. The van der Waals surface area contributed by atoms with E-state index in [1.807, 2.05) is 24.5 Å². The van der Waals surface area contributed by atoms with Crippen LogP contribution in [0.4, 0.5) is 11.6 Å². The van der Waals surface area contributed by atoms with Crippen molar-refractivity contribution in [3.05, 3.63) is 36.8 Å². The molecule has 9 heteroatoms. The number of aromatic amines is 1. The number of benzene rings is 1. The van der Waals surface area contributed by atoms with Crippen LogP contribution in [0.5, 0.6) is 0 Å². The zero-order valence-corrected chi connectivity index (χ0v) is 17.7. The molecule has 0 bridgehead atoms. The Hall–Kier alpha value is -3.17. The van der Waals surface area contributed by atoms with Gasteiger partial charge in [0.15, 0.2) is 11.5 Å². The molecule has 2 fully saturated rings. The maximum atomic E-state index is 5.58. The van der Waals surface area contributed by atoms with Gasteiger partial charge in [0.25, 0.3) is 0 Å². The second-order valence-electron chi connectivity index (χ2n) is 8.29. The van der Waals surface area contributed by atoms with Crippen LogP contribution < -0.4 is 9.80 Å². The van der Waals surface area contributed by atoms with Crippen LogP contribution in [0.1, 0.15) is 0 Å². The maximum Gasteiger partial charge on any atom is 0.181 e. The molecule has 0 radical (unpaired) electrons. The van der Waals surface area contributed by atoms with Crippen molar-refractivity contribution in [2.45, 2.75) is 0 Å². The molecule has 1 aromatic carbocycles. The van der Waals surface area contributed by atoms with Gasteiger partial charge in [0.2, 0.25) is 0 Å². The minimum absolute atomic E-state index is 0.710. The molecule has 5 heterocycles. The Morgan fingerprint density at radius 1 is 0.968 bits per heavy atom. The van der Waals surface area contributed by atoms with Crippen LogP contribution in [-0.4, -0.2) is 89.0 Å². The summed E-state index contributed by atoms with van der Waals surface area (Å²) in [4.78, 5) is 17.0. The van der Waals surface area contributed by atoms with E-state index >= 15 is 0 Å². The molecule has 2 aliphatic rings. The maximum absolute atomic E-state index is 5.58. The highest BCUT2D eigenvalue weighted by Gasteiger charge is 2.23. The fourth-order valence-corrected chi connectivity index (χ4v) is 4.54. The van der Waals surface area contributed by atoms with Gasteiger partial charge in [-0.1, -0.05) is 12.1 Å². The normalized spacial score (nSPS) is 18.4. The van der Waals surface area contributed by atoms with Gasteiger partial charge in [-0.2, -0.15) is 5.10 Å². The lowest BCUT2D eigenvalue weighted by molar-refractivity contribution is 0.122. The van der Waals surface area contributed by atoms with E-state index in [4.69, 9.17) is 14.7 Å². The van der Waals surface area contributed by atoms with Crippen LogP contribution in [0.3, 0.4) is 0 Å². The van der Waals surface area contributed by atoms with E-state index in [1.165, 1.54) is 0 Å². The zero-order valence-electron chi connectivity index (χ0n) is 17.7. The van der Waals surface area contributed by atoms with Gasteiger partial charge in [-0.3, -0.25) is 9.50 Å². The van der Waals surface area contributed by atoms with E-state index in [-0.39, 0.29) is 0 Å². The van der Waals surface area contributed by atoms with Crippen molar-refractivity contribution in [1.29, 1.82) is 0 Å². The molecule has 1 N–H and O–H groups in total. The number of ether oxygens (including phenoxy) is 1. The monoisotopic (exact) mass is 418 g/mol. The highest BCUT2D eigenvalue weighted by atomic mass is 16.5. The lowest BCUT2D eigenvalue weighted by Crippen LogP contribution is -2.45. The zero-order chi connectivity index (χ0) is 20.8. The minimum Gasteiger partial charge on any atom is -0.378 e. The molecule has 0 unspecified atom stereocenters. The van der Waals surface area contributed by atoms with Gasteiger partial charge in [-0.15, -0.1) is 0 Å². The summed E-state index contributed by atoms with van der Waals surface area (Å²) in [6, 6.07) is 6.20. The van der Waals surface area contributed by atoms with Crippen LogP contribution in [0.25, 0.3) is 27.8 Å². The number of hydrogen-bond acceptors (Lipinski definition) is 7. The van der Waals surface area contributed by atoms with Gasteiger partial charge in [0.05, 0.1) is 36.8 Å². The van der Waals surface area contributed by atoms with Crippen molar-refractivity contribution < 1.29 is 4.74 Å². The summed E-state index contributed by atoms with van der Waals surface area (Å²) in [7, 11) is 2.18. The standard InChI is InChI=1S/C22H26N8O/c1-27-5-7-28(8-6-27)20-14-23-21-22(29-9-11-31-12-10-29)25-19(15-30(20)21)16-3-2-4-18-17(16)13-24-26-18/h2-4,13-15H,5-12H2,1H3,(H,24,26). The van der Waals surface area contributed by atoms with Crippen LogP contribution in [0, 0.1) is 0 Å². The Morgan fingerprint density at radius 2 is 1.81 bits per heavy atom. The Bertz CT molecular complexity index is 1220. The predicted octanol–water partition coefficient (Wildman–Crippen LogP) is 1.86. The molecule has 2 saturated heterocycles. The molecule has 160 valence electrons. The van der Waals surface area contributed by atoms with Crippen LogP contribution in [0.2, 0.25) is 0 Å². The molecule has 2 aliphatic heterocycles. The van der Waals surface area contributed by atoms with Crippen molar-refractivity contribution in [2.75, 3.05) is 69.3 Å². The second-order valence-corrected chi connectivity index (χ2v) is 8.29. The Labute approximate surface area is 180 Å². The first-order chi connectivity index (χ1) is 15.3. The van der Waals surface area contributed by atoms with Crippen LogP contribution in [-0.2, 0) is 4.74 Å². The van der Waals surface area contributed by atoms with Crippen molar-refractivity contribution in [2.24, 2.45) is 0 Å². The molecule has 3 aromatic heterocycles. The second kappa shape index (κ2) is 7.51. The third kappa shape index (κ3) is 3.21. The summed E-state index contributed by atoms with van der Waals surface area (Å²) in [6.07, 6.45) is 6.00. The largest absolute Gasteiger partial charge is 0.378 e. The summed E-state index contributed by atoms with van der Waals surface area (Å²) in [5.74, 6) is 2.04. The van der Waals surface area contributed by atoms with E-state index in [1.54, 1.807) is 0 Å². The van der Waals surface area contributed by atoms with E-state index in [2.05, 4.69) is 48.6 Å². The van der Waals surface area contributed by atoms with Crippen molar-refractivity contribution in [3.63, 3.8) is 0 Å². The molecule has 0 aliphatic carbocycles. The molecule has 9 nitrogen and oxygen atoms in total. The fraction of sp³-hybridized carbons (Fsp3) is 0.409. The molecule has 0 amide bonds. The first-order valence-electron chi connectivity index (χ1n) is 10.8. The summed E-state index contributed by atoms with van der Waals surface area (Å²) in [6.45, 7) is 7.14. The average molecular weight is 419 g/mol. The molecule has 0 spiro atoms. The van der Waals surface area contributed by atoms with Gasteiger partial charge in [-0.05, 0) is 13.1 Å².